The van der Waals surface area contributed by atoms with Gasteiger partial charge >= 0.3 is 5.97 Å². The molecule has 1 rings (SSSR count). The summed E-state index contributed by atoms with van der Waals surface area (Å²) in [5.74, 6) is -0.111. The number of carbonyl (C=O) groups excluding carboxylic acids is 2. The minimum Gasteiger partial charge on any atom is -0.459 e. The van der Waals surface area contributed by atoms with Crippen LogP contribution in [0.3, 0.4) is 0 Å². The van der Waals surface area contributed by atoms with Crippen LogP contribution in [0.5, 0.6) is 0 Å². The third kappa shape index (κ3) is 6.00. The lowest BCUT2D eigenvalue weighted by molar-refractivity contribution is -0.153. The van der Waals surface area contributed by atoms with Crippen LogP contribution in [0.1, 0.15) is 40.0 Å². The Hall–Kier alpha value is -1.10. The molecule has 1 heterocycles. The van der Waals surface area contributed by atoms with E-state index in [2.05, 4.69) is 5.32 Å². The molecular formula is C13H24N2O3. The highest BCUT2D eigenvalue weighted by Crippen LogP contribution is 2.08. The Bertz CT molecular complexity index is 291. The second-order valence-corrected chi connectivity index (χ2v) is 5.60. The summed E-state index contributed by atoms with van der Waals surface area (Å²) in [6.45, 7) is 7.94. The summed E-state index contributed by atoms with van der Waals surface area (Å²) >= 11 is 0. The van der Waals surface area contributed by atoms with Gasteiger partial charge in [0, 0.05) is 26.1 Å². The molecule has 0 atom stereocenters. The number of carbonyl (C=O) groups is 2. The highest BCUT2D eigenvalue weighted by molar-refractivity contribution is 5.76. The van der Waals surface area contributed by atoms with Crippen LogP contribution in [0.2, 0.25) is 0 Å². The predicted octanol–water partition coefficient (Wildman–Crippen LogP) is 0.930. The third-order valence-corrected chi connectivity index (χ3v) is 2.66. The lowest BCUT2D eigenvalue weighted by atomic mass is 10.2. The van der Waals surface area contributed by atoms with E-state index in [1.54, 1.807) is 0 Å². The molecule has 1 saturated heterocycles. The van der Waals surface area contributed by atoms with Gasteiger partial charge in [0.05, 0.1) is 6.54 Å². The maximum atomic E-state index is 11.7. The summed E-state index contributed by atoms with van der Waals surface area (Å²) in [5.41, 5.74) is -0.454. The van der Waals surface area contributed by atoms with Crippen molar-refractivity contribution in [2.45, 2.75) is 45.6 Å². The van der Waals surface area contributed by atoms with Crippen molar-refractivity contribution in [2.75, 3.05) is 26.2 Å². The smallest absolute Gasteiger partial charge is 0.320 e. The van der Waals surface area contributed by atoms with Crippen LogP contribution in [-0.4, -0.2) is 48.6 Å². The molecule has 0 bridgehead atoms. The summed E-state index contributed by atoms with van der Waals surface area (Å²) in [6, 6.07) is 0. The van der Waals surface area contributed by atoms with Crippen molar-refractivity contribution < 1.29 is 14.3 Å². The molecule has 0 aromatic heterocycles. The number of hydrogen-bond acceptors (Lipinski definition) is 4. The molecule has 0 saturated carbocycles. The largest absolute Gasteiger partial charge is 0.459 e. The lowest BCUT2D eigenvalue weighted by Crippen LogP contribution is -2.34. The zero-order valence-corrected chi connectivity index (χ0v) is 11.6. The van der Waals surface area contributed by atoms with E-state index < -0.39 is 5.60 Å². The Morgan fingerprint density at radius 3 is 2.39 bits per heavy atom. The van der Waals surface area contributed by atoms with Gasteiger partial charge in [0.1, 0.15) is 5.60 Å². The summed E-state index contributed by atoms with van der Waals surface area (Å²) in [5, 5.41) is 2.94. The molecule has 0 spiro atoms. The first kappa shape index (κ1) is 15.0. The lowest BCUT2D eigenvalue weighted by Gasteiger charge is -2.19. The first-order valence-electron chi connectivity index (χ1n) is 6.59. The first-order valence-corrected chi connectivity index (χ1v) is 6.59. The van der Waals surface area contributed by atoms with Crippen LogP contribution in [0.25, 0.3) is 0 Å². The van der Waals surface area contributed by atoms with Gasteiger partial charge in [0.2, 0.25) is 5.91 Å². The maximum Gasteiger partial charge on any atom is 0.320 e. The van der Waals surface area contributed by atoms with Crippen molar-refractivity contribution in [2.24, 2.45) is 0 Å². The van der Waals surface area contributed by atoms with Crippen molar-refractivity contribution in [1.82, 2.24) is 10.2 Å². The van der Waals surface area contributed by atoms with E-state index in [0.717, 1.165) is 25.9 Å². The van der Waals surface area contributed by atoms with E-state index in [4.69, 9.17) is 4.74 Å². The number of amides is 1. The number of esters is 1. The highest BCUT2D eigenvalue weighted by Gasteiger charge is 2.18. The van der Waals surface area contributed by atoms with E-state index >= 15 is 0 Å². The molecule has 0 unspecified atom stereocenters. The van der Waals surface area contributed by atoms with Gasteiger partial charge in [-0.1, -0.05) is 0 Å². The SMILES string of the molecule is CC(C)(C)OC(=O)CNCCC(=O)N1CCCC1. The van der Waals surface area contributed by atoms with Crippen molar-refractivity contribution in [3.05, 3.63) is 0 Å². The number of hydrogen-bond donors (Lipinski definition) is 1. The van der Waals surface area contributed by atoms with Crippen LogP contribution in [0, 0.1) is 0 Å². The van der Waals surface area contributed by atoms with Gasteiger partial charge in [0.15, 0.2) is 0 Å². The average Bonchev–Trinajstić information content (AvgIpc) is 2.74. The van der Waals surface area contributed by atoms with Gasteiger partial charge in [-0.3, -0.25) is 9.59 Å². The van der Waals surface area contributed by atoms with E-state index in [-0.39, 0.29) is 18.4 Å². The Balaban J connectivity index is 2.07. The Morgan fingerprint density at radius 1 is 1.22 bits per heavy atom. The summed E-state index contributed by atoms with van der Waals surface area (Å²) in [6.07, 6.45) is 2.66. The zero-order valence-electron chi connectivity index (χ0n) is 11.6. The molecule has 1 aliphatic heterocycles. The van der Waals surface area contributed by atoms with Gasteiger partial charge in [0.25, 0.3) is 0 Å². The van der Waals surface area contributed by atoms with Crippen molar-refractivity contribution in [1.29, 1.82) is 0 Å². The van der Waals surface area contributed by atoms with E-state index in [1.165, 1.54) is 0 Å². The minimum absolute atomic E-state index is 0.157. The van der Waals surface area contributed by atoms with Gasteiger partial charge in [-0.2, -0.15) is 0 Å². The average molecular weight is 256 g/mol. The van der Waals surface area contributed by atoms with Crippen LogP contribution < -0.4 is 5.32 Å². The maximum absolute atomic E-state index is 11.7. The number of nitrogens with zero attached hydrogens (tertiary/aromatic N) is 1. The molecule has 0 radical (unpaired) electrons. The van der Waals surface area contributed by atoms with Crippen molar-refractivity contribution >= 4 is 11.9 Å². The second-order valence-electron chi connectivity index (χ2n) is 5.60. The molecule has 1 amide bonds. The Morgan fingerprint density at radius 2 is 1.83 bits per heavy atom. The molecule has 5 nitrogen and oxygen atoms in total. The monoisotopic (exact) mass is 256 g/mol. The normalized spacial score (nSPS) is 15.8. The van der Waals surface area contributed by atoms with Crippen LogP contribution in [-0.2, 0) is 14.3 Å². The summed E-state index contributed by atoms with van der Waals surface area (Å²) in [4.78, 5) is 25.0. The number of nitrogens with one attached hydrogen (secondary N) is 1. The standard InChI is InChI=1S/C13H24N2O3/c1-13(2,3)18-12(17)10-14-7-6-11(16)15-8-4-5-9-15/h14H,4-10H2,1-3H3. The van der Waals surface area contributed by atoms with E-state index in [1.807, 2.05) is 25.7 Å². The van der Waals surface area contributed by atoms with Crippen LogP contribution in [0.15, 0.2) is 0 Å². The van der Waals surface area contributed by atoms with E-state index in [9.17, 15) is 9.59 Å². The summed E-state index contributed by atoms with van der Waals surface area (Å²) < 4.78 is 5.15. The fourth-order valence-corrected chi connectivity index (χ4v) is 1.89. The molecule has 5 heteroatoms. The van der Waals surface area contributed by atoms with Crippen molar-refractivity contribution in [3.8, 4) is 0 Å². The third-order valence-electron chi connectivity index (χ3n) is 2.66. The van der Waals surface area contributed by atoms with Crippen molar-refractivity contribution in [3.63, 3.8) is 0 Å². The zero-order chi connectivity index (χ0) is 13.6. The molecule has 1 N–H and O–H groups in total. The minimum atomic E-state index is -0.454. The number of likely N-dealkylation sites (tertiary alicyclic amines) is 1. The highest BCUT2D eigenvalue weighted by atomic mass is 16.6. The molecule has 104 valence electrons. The Labute approximate surface area is 109 Å². The molecule has 1 aliphatic rings. The Kier molecular flexibility index (Phi) is 5.59. The molecule has 1 fully saturated rings. The fraction of sp³-hybridized carbons (Fsp3) is 0.846. The van der Waals surface area contributed by atoms with Gasteiger partial charge in [-0.25, -0.2) is 0 Å². The topological polar surface area (TPSA) is 58.6 Å². The second kappa shape index (κ2) is 6.73. The van der Waals surface area contributed by atoms with E-state index in [0.29, 0.717) is 13.0 Å². The molecular weight excluding hydrogens is 232 g/mol. The molecule has 0 aromatic rings. The fourth-order valence-electron chi connectivity index (χ4n) is 1.89. The van der Waals surface area contributed by atoms with Gasteiger partial charge in [-0.05, 0) is 33.6 Å². The van der Waals surface area contributed by atoms with Crippen LogP contribution >= 0.6 is 0 Å². The number of rotatable bonds is 5. The number of ether oxygens (including phenoxy) is 1. The van der Waals surface area contributed by atoms with Crippen LogP contribution in [0.4, 0.5) is 0 Å². The summed E-state index contributed by atoms with van der Waals surface area (Å²) in [7, 11) is 0. The van der Waals surface area contributed by atoms with Gasteiger partial charge < -0.3 is 15.0 Å². The molecule has 18 heavy (non-hydrogen) atoms. The molecule has 0 aromatic carbocycles. The quantitative estimate of drug-likeness (QED) is 0.587. The predicted molar refractivity (Wildman–Crippen MR) is 69.1 cm³/mol. The first-order chi connectivity index (χ1) is 8.38. The van der Waals surface area contributed by atoms with Gasteiger partial charge in [-0.15, -0.1) is 0 Å². The molecule has 0 aliphatic carbocycles.